The Bertz CT molecular complexity index is 1300. The number of aliphatic hydroxyl groups is 2. The second-order valence-corrected chi connectivity index (χ2v) is 9.91. The number of hydrogen-bond donors (Lipinski definition) is 2. The lowest BCUT2D eigenvalue weighted by molar-refractivity contribution is -0.347. The van der Waals surface area contributed by atoms with Gasteiger partial charge >= 0.3 is 6.18 Å². The van der Waals surface area contributed by atoms with Crippen molar-refractivity contribution in [3.63, 3.8) is 0 Å². The minimum Gasteiger partial charge on any atom is -0.475 e. The van der Waals surface area contributed by atoms with Crippen LogP contribution in [-0.2, 0) is 17.6 Å². The SMILES string of the molecule is O[C@H](COc1ccc(C23CC(C(F)(F)[C@](O)(Cn4cnnn4)c4ccc(F)cc4F)(C2)C3)cn1)C(F)(F)F. The largest absolute Gasteiger partial charge is 0.475 e. The number of rotatable bonds is 9. The second-order valence-electron chi connectivity index (χ2n) is 9.91. The first-order chi connectivity index (χ1) is 17.7. The van der Waals surface area contributed by atoms with Crippen LogP contribution in [0.1, 0.15) is 30.4 Å². The molecule has 3 fully saturated rings. The van der Waals surface area contributed by atoms with Gasteiger partial charge in [-0.05, 0) is 52.8 Å². The Labute approximate surface area is 210 Å². The minimum absolute atomic E-state index is 0.0948. The molecule has 3 saturated carbocycles. The van der Waals surface area contributed by atoms with Crippen molar-refractivity contribution >= 4 is 0 Å². The number of alkyl halides is 5. The van der Waals surface area contributed by atoms with E-state index in [1.165, 1.54) is 18.3 Å². The Morgan fingerprint density at radius 3 is 2.32 bits per heavy atom. The molecule has 0 radical (unpaired) electrons. The number of halogens is 7. The lowest BCUT2D eigenvalue weighted by Gasteiger charge is -2.74. The van der Waals surface area contributed by atoms with Gasteiger partial charge in [0.05, 0.1) is 6.54 Å². The smallest absolute Gasteiger partial charge is 0.417 e. The van der Waals surface area contributed by atoms with Gasteiger partial charge in [0.25, 0.3) is 5.92 Å². The van der Waals surface area contributed by atoms with E-state index in [9.17, 15) is 27.1 Å². The van der Waals surface area contributed by atoms with Crippen LogP contribution in [0.5, 0.6) is 5.88 Å². The number of ether oxygens (including phenoxy) is 1. The summed E-state index contributed by atoms with van der Waals surface area (Å²) in [5, 5.41) is 30.6. The first kappa shape index (κ1) is 26.3. The summed E-state index contributed by atoms with van der Waals surface area (Å²) in [6, 6.07) is 4.69. The number of benzene rings is 1. The number of nitrogens with zero attached hydrogens (tertiary/aromatic N) is 5. The van der Waals surface area contributed by atoms with E-state index in [4.69, 9.17) is 9.84 Å². The molecule has 2 atom stereocenters. The van der Waals surface area contributed by atoms with E-state index in [0.717, 1.165) is 23.1 Å². The fourth-order valence-electron chi connectivity index (χ4n) is 5.57. The van der Waals surface area contributed by atoms with Gasteiger partial charge in [-0.1, -0.05) is 6.07 Å². The Hall–Kier alpha value is -3.33. The van der Waals surface area contributed by atoms with Crippen LogP contribution in [0.15, 0.2) is 42.9 Å². The van der Waals surface area contributed by atoms with Gasteiger partial charge in [0.1, 0.15) is 24.6 Å². The van der Waals surface area contributed by atoms with E-state index in [2.05, 4.69) is 20.5 Å². The maximum Gasteiger partial charge on any atom is 0.417 e. The maximum atomic E-state index is 16.2. The first-order valence-corrected chi connectivity index (χ1v) is 11.3. The zero-order valence-corrected chi connectivity index (χ0v) is 19.3. The normalized spacial score (nSPS) is 25.2. The number of tetrazole rings is 1. The van der Waals surface area contributed by atoms with Crippen molar-refractivity contribution in [1.29, 1.82) is 0 Å². The molecule has 2 heterocycles. The zero-order valence-electron chi connectivity index (χ0n) is 19.3. The van der Waals surface area contributed by atoms with E-state index in [-0.39, 0.29) is 25.1 Å². The molecule has 2 N–H and O–H groups in total. The highest BCUT2D eigenvalue weighted by Crippen LogP contribution is 2.80. The van der Waals surface area contributed by atoms with Crippen molar-refractivity contribution < 1.29 is 45.7 Å². The van der Waals surface area contributed by atoms with Crippen LogP contribution in [-0.4, -0.2) is 60.2 Å². The van der Waals surface area contributed by atoms with Gasteiger partial charge in [-0.2, -0.15) is 13.2 Å². The number of hydrogen-bond acceptors (Lipinski definition) is 7. The summed E-state index contributed by atoms with van der Waals surface area (Å²) in [5.74, 6) is -6.45. The van der Waals surface area contributed by atoms with E-state index in [1.807, 2.05) is 0 Å². The zero-order chi connectivity index (χ0) is 27.6. The maximum absolute atomic E-state index is 16.2. The van der Waals surface area contributed by atoms with Crippen LogP contribution in [0.4, 0.5) is 30.7 Å². The third kappa shape index (κ3) is 3.99. The van der Waals surface area contributed by atoms with E-state index in [0.29, 0.717) is 11.6 Å². The predicted molar refractivity (Wildman–Crippen MR) is 113 cm³/mol. The van der Waals surface area contributed by atoms with Gasteiger partial charge in [-0.25, -0.2) is 27.2 Å². The van der Waals surface area contributed by atoms with Gasteiger partial charge in [0.15, 0.2) is 11.7 Å². The lowest BCUT2D eigenvalue weighted by atomic mass is 9.30. The highest BCUT2D eigenvalue weighted by atomic mass is 19.4. The summed E-state index contributed by atoms with van der Waals surface area (Å²) in [4.78, 5) is 3.91. The molecule has 38 heavy (non-hydrogen) atoms. The lowest BCUT2D eigenvalue weighted by Crippen LogP contribution is -2.76. The van der Waals surface area contributed by atoms with E-state index < -0.39 is 65.0 Å². The highest BCUT2D eigenvalue weighted by molar-refractivity contribution is 5.42. The Morgan fingerprint density at radius 2 is 1.76 bits per heavy atom. The molecule has 3 aliphatic carbocycles. The third-order valence-electron chi connectivity index (χ3n) is 7.49. The third-order valence-corrected chi connectivity index (χ3v) is 7.49. The summed E-state index contributed by atoms with van der Waals surface area (Å²) in [6.07, 6.45) is -5.55. The Kier molecular flexibility index (Phi) is 5.94. The Morgan fingerprint density at radius 1 is 1.05 bits per heavy atom. The summed E-state index contributed by atoms with van der Waals surface area (Å²) in [5.41, 5.74) is -5.83. The van der Waals surface area contributed by atoms with E-state index in [1.54, 1.807) is 0 Å². The molecular weight excluding hydrogens is 527 g/mol. The van der Waals surface area contributed by atoms with Crippen LogP contribution < -0.4 is 4.74 Å². The molecule has 3 aliphatic rings. The predicted octanol–water partition coefficient (Wildman–Crippen LogP) is 3.29. The van der Waals surface area contributed by atoms with Gasteiger partial charge in [-0.15, -0.1) is 5.10 Å². The number of aromatic nitrogens is 5. The molecule has 0 unspecified atom stereocenters. The quantitative estimate of drug-likeness (QED) is 0.396. The van der Waals surface area contributed by atoms with Crippen LogP contribution in [0.2, 0.25) is 0 Å². The van der Waals surface area contributed by atoms with Crippen molar-refractivity contribution in [3.05, 3.63) is 65.6 Å². The van der Waals surface area contributed by atoms with Gasteiger partial charge < -0.3 is 14.9 Å². The molecule has 0 spiro atoms. The molecule has 1 aromatic carbocycles. The minimum atomic E-state index is -4.85. The average Bonchev–Trinajstić information content (AvgIpc) is 3.28. The molecule has 0 saturated heterocycles. The monoisotopic (exact) mass is 547 g/mol. The summed E-state index contributed by atoms with van der Waals surface area (Å²) in [7, 11) is 0. The van der Waals surface area contributed by atoms with E-state index >= 15 is 8.78 Å². The molecule has 0 amide bonds. The standard InChI is InChI=1S/C23H20F7N5O3/c24-14-2-3-15(16(25)5-14)21(37,11-35-12-32-33-34-35)23(29,30)20-8-19(9-20,10-20)13-1-4-18(31-6-13)38-7-17(36)22(26,27)28/h1-6,12,17,36-37H,7-11H2/t17-,19?,20?,21+/m1/s1. The molecule has 204 valence electrons. The molecule has 2 aromatic heterocycles. The van der Waals surface area contributed by atoms with Gasteiger partial charge in [0.2, 0.25) is 5.88 Å². The van der Waals surface area contributed by atoms with Crippen molar-refractivity contribution in [1.82, 2.24) is 25.2 Å². The Balaban J connectivity index is 1.35. The van der Waals surface area contributed by atoms with Gasteiger partial charge in [-0.3, -0.25) is 0 Å². The molecule has 3 aromatic rings. The molecule has 15 heteroatoms. The summed E-state index contributed by atoms with van der Waals surface area (Å²) in [6.45, 7) is -1.96. The fourth-order valence-corrected chi connectivity index (χ4v) is 5.57. The summed E-state index contributed by atoms with van der Waals surface area (Å²) < 4.78 is 104. The van der Waals surface area contributed by atoms with Crippen molar-refractivity contribution in [2.45, 2.75) is 55.0 Å². The fraction of sp³-hybridized carbons (Fsp3) is 0.478. The first-order valence-electron chi connectivity index (χ1n) is 11.3. The summed E-state index contributed by atoms with van der Waals surface area (Å²) >= 11 is 0. The average molecular weight is 547 g/mol. The van der Waals surface area contributed by atoms with Crippen molar-refractivity contribution in [2.24, 2.45) is 5.41 Å². The van der Waals surface area contributed by atoms with Gasteiger partial charge in [0, 0.05) is 29.3 Å². The van der Waals surface area contributed by atoms with Crippen LogP contribution >= 0.6 is 0 Å². The number of pyridine rings is 1. The van der Waals surface area contributed by atoms with Crippen LogP contribution in [0.3, 0.4) is 0 Å². The van der Waals surface area contributed by atoms with Crippen LogP contribution in [0.25, 0.3) is 0 Å². The second kappa shape index (κ2) is 8.59. The number of aliphatic hydroxyl groups excluding tert-OH is 1. The molecule has 0 aliphatic heterocycles. The topological polar surface area (TPSA) is 106 Å². The molecular formula is C23H20F7N5O3. The van der Waals surface area contributed by atoms with Crippen LogP contribution in [0, 0.1) is 17.0 Å². The molecule has 8 nitrogen and oxygen atoms in total. The van der Waals surface area contributed by atoms with Crippen molar-refractivity contribution in [2.75, 3.05) is 6.61 Å². The molecule has 6 rings (SSSR count). The highest BCUT2D eigenvalue weighted by Gasteiger charge is 2.82. The van der Waals surface area contributed by atoms with Crippen molar-refractivity contribution in [3.8, 4) is 5.88 Å². The molecule has 2 bridgehead atoms.